The van der Waals surface area contributed by atoms with Crippen molar-refractivity contribution < 1.29 is 4.79 Å². The maximum atomic E-state index is 12.3. The van der Waals surface area contributed by atoms with Crippen LogP contribution in [0.4, 0.5) is 5.82 Å². The molecule has 0 aromatic carbocycles. The maximum Gasteiger partial charge on any atom is 0.254 e. The van der Waals surface area contributed by atoms with Crippen LogP contribution in [0.2, 0.25) is 0 Å². The van der Waals surface area contributed by atoms with Gasteiger partial charge in [-0.25, -0.2) is 4.98 Å². The lowest BCUT2D eigenvalue weighted by atomic mass is 10.1. The number of carbonyl (C=O) groups excluding carboxylic acids is 1. The Morgan fingerprint density at radius 3 is 2.94 bits per heavy atom. The Bertz CT molecular complexity index is 445. The van der Waals surface area contributed by atoms with Crippen LogP contribution in [-0.4, -0.2) is 28.9 Å². The van der Waals surface area contributed by atoms with Crippen molar-refractivity contribution in [2.45, 2.75) is 33.1 Å². The van der Waals surface area contributed by atoms with Crippen LogP contribution in [0.3, 0.4) is 0 Å². The van der Waals surface area contributed by atoms with E-state index in [9.17, 15) is 4.79 Å². The number of aryl methyl sites for hydroxylation is 1. The lowest BCUT2D eigenvalue weighted by molar-refractivity contribution is 0.0788. The fourth-order valence-electron chi connectivity index (χ4n) is 2.42. The van der Waals surface area contributed by atoms with Gasteiger partial charge in [0.15, 0.2) is 0 Å². The predicted octanol–water partition coefficient (Wildman–Crippen LogP) is 2.10. The van der Waals surface area contributed by atoms with Gasteiger partial charge in [-0.2, -0.15) is 0 Å². The van der Waals surface area contributed by atoms with Crippen molar-refractivity contribution >= 4 is 11.7 Å². The monoisotopic (exact) mass is 247 g/mol. The fraction of sp³-hybridized carbons (Fsp3) is 0.571. The molecule has 0 bridgehead atoms. The number of carbonyl (C=O) groups is 1. The first-order valence-electron chi connectivity index (χ1n) is 6.66. The third kappa shape index (κ3) is 2.81. The van der Waals surface area contributed by atoms with Crippen LogP contribution < -0.4 is 5.73 Å². The van der Waals surface area contributed by atoms with Crippen LogP contribution in [0.5, 0.6) is 0 Å². The van der Waals surface area contributed by atoms with Crippen molar-refractivity contribution in [3.63, 3.8) is 0 Å². The number of pyridine rings is 1. The Labute approximate surface area is 108 Å². The highest BCUT2D eigenvalue weighted by atomic mass is 16.2. The van der Waals surface area contributed by atoms with Gasteiger partial charge in [0.05, 0.1) is 0 Å². The number of hydrogen-bond donors (Lipinski definition) is 1. The number of amides is 1. The smallest absolute Gasteiger partial charge is 0.254 e. The lowest BCUT2D eigenvalue weighted by Gasteiger charge is -2.16. The summed E-state index contributed by atoms with van der Waals surface area (Å²) in [6.07, 6.45) is 2.96. The summed E-state index contributed by atoms with van der Waals surface area (Å²) in [7, 11) is 0. The molecule has 0 aliphatic carbocycles. The number of likely N-dealkylation sites (tertiary alicyclic amines) is 1. The molecule has 0 spiro atoms. The van der Waals surface area contributed by atoms with Crippen LogP contribution in [0.25, 0.3) is 0 Å². The van der Waals surface area contributed by atoms with Gasteiger partial charge in [-0.05, 0) is 30.9 Å². The molecule has 1 aromatic rings. The quantitative estimate of drug-likeness (QED) is 0.889. The Hall–Kier alpha value is -1.58. The molecular weight excluding hydrogens is 226 g/mol. The summed E-state index contributed by atoms with van der Waals surface area (Å²) in [6, 6.07) is 3.57. The Morgan fingerprint density at radius 2 is 2.33 bits per heavy atom. The molecule has 1 aliphatic heterocycles. The van der Waals surface area contributed by atoms with Gasteiger partial charge >= 0.3 is 0 Å². The highest BCUT2D eigenvalue weighted by Crippen LogP contribution is 2.19. The van der Waals surface area contributed by atoms with Gasteiger partial charge in [0, 0.05) is 24.3 Å². The summed E-state index contributed by atoms with van der Waals surface area (Å²) in [5.41, 5.74) is 7.36. The number of nitrogens with two attached hydrogens (primary N) is 1. The molecule has 2 rings (SSSR count). The van der Waals surface area contributed by atoms with E-state index in [1.807, 2.05) is 11.0 Å². The fourth-order valence-corrected chi connectivity index (χ4v) is 2.42. The molecule has 2 N–H and O–H groups in total. The zero-order chi connectivity index (χ0) is 13.1. The van der Waals surface area contributed by atoms with Crippen molar-refractivity contribution in [1.29, 1.82) is 0 Å². The summed E-state index contributed by atoms with van der Waals surface area (Å²) in [4.78, 5) is 18.5. The van der Waals surface area contributed by atoms with Gasteiger partial charge < -0.3 is 10.6 Å². The van der Waals surface area contributed by atoms with E-state index in [2.05, 4.69) is 18.8 Å². The molecular formula is C14H21N3O. The summed E-state index contributed by atoms with van der Waals surface area (Å²) >= 11 is 0. The van der Waals surface area contributed by atoms with E-state index in [1.165, 1.54) is 0 Å². The van der Waals surface area contributed by atoms with E-state index in [0.29, 0.717) is 17.3 Å². The van der Waals surface area contributed by atoms with Crippen molar-refractivity contribution in [3.8, 4) is 0 Å². The lowest BCUT2D eigenvalue weighted by Crippen LogP contribution is -2.28. The van der Waals surface area contributed by atoms with E-state index in [0.717, 1.165) is 38.0 Å². The van der Waals surface area contributed by atoms with Crippen molar-refractivity contribution in [2.24, 2.45) is 5.92 Å². The molecule has 1 unspecified atom stereocenters. The molecule has 1 saturated heterocycles. The molecule has 1 aromatic heterocycles. The highest BCUT2D eigenvalue weighted by Gasteiger charge is 2.24. The van der Waals surface area contributed by atoms with Gasteiger partial charge in [-0.3, -0.25) is 4.79 Å². The molecule has 98 valence electrons. The predicted molar refractivity (Wildman–Crippen MR) is 72.3 cm³/mol. The van der Waals surface area contributed by atoms with Gasteiger partial charge in [0.2, 0.25) is 0 Å². The number of nitrogens with zero attached hydrogens (tertiary/aromatic N) is 2. The summed E-state index contributed by atoms with van der Waals surface area (Å²) in [5.74, 6) is 1.13. The molecule has 4 nitrogen and oxygen atoms in total. The molecule has 1 amide bonds. The molecule has 1 fully saturated rings. The van der Waals surface area contributed by atoms with Gasteiger partial charge in [-0.15, -0.1) is 0 Å². The second-order valence-electron chi connectivity index (χ2n) is 5.17. The molecule has 4 heteroatoms. The SMILES string of the molecule is CCCc1cc(C(=O)N2CCC(C)C2)cc(N)n1. The molecule has 1 atom stereocenters. The molecule has 2 heterocycles. The average Bonchev–Trinajstić information content (AvgIpc) is 2.74. The second kappa shape index (κ2) is 5.38. The van der Waals surface area contributed by atoms with Crippen molar-refractivity contribution in [2.75, 3.05) is 18.8 Å². The number of rotatable bonds is 3. The van der Waals surface area contributed by atoms with Crippen LogP contribution in [0, 0.1) is 5.92 Å². The first-order chi connectivity index (χ1) is 8.60. The van der Waals surface area contributed by atoms with Gasteiger partial charge in [0.25, 0.3) is 5.91 Å². The Morgan fingerprint density at radius 1 is 1.56 bits per heavy atom. The van der Waals surface area contributed by atoms with Gasteiger partial charge in [-0.1, -0.05) is 20.3 Å². The molecule has 1 aliphatic rings. The number of anilines is 1. The van der Waals surface area contributed by atoms with Crippen molar-refractivity contribution in [1.82, 2.24) is 9.88 Å². The minimum Gasteiger partial charge on any atom is -0.384 e. The van der Waals surface area contributed by atoms with E-state index in [-0.39, 0.29) is 5.91 Å². The summed E-state index contributed by atoms with van der Waals surface area (Å²) < 4.78 is 0. The summed E-state index contributed by atoms with van der Waals surface area (Å²) in [5, 5.41) is 0. The first kappa shape index (κ1) is 12.9. The van der Waals surface area contributed by atoms with Crippen LogP contribution in [-0.2, 0) is 6.42 Å². The Balaban J connectivity index is 2.19. The average molecular weight is 247 g/mol. The molecule has 18 heavy (non-hydrogen) atoms. The van der Waals surface area contributed by atoms with Crippen LogP contribution >= 0.6 is 0 Å². The van der Waals surface area contributed by atoms with Crippen LogP contribution in [0.15, 0.2) is 12.1 Å². The topological polar surface area (TPSA) is 59.2 Å². The largest absolute Gasteiger partial charge is 0.384 e. The summed E-state index contributed by atoms with van der Waals surface area (Å²) in [6.45, 7) is 5.97. The van der Waals surface area contributed by atoms with E-state index in [4.69, 9.17) is 5.73 Å². The number of hydrogen-bond acceptors (Lipinski definition) is 3. The third-order valence-electron chi connectivity index (χ3n) is 3.36. The minimum atomic E-state index is 0.0887. The number of nitrogen functional groups attached to an aromatic ring is 1. The molecule has 0 saturated carbocycles. The third-order valence-corrected chi connectivity index (χ3v) is 3.36. The normalized spacial score (nSPS) is 19.2. The zero-order valence-corrected chi connectivity index (χ0v) is 11.1. The van der Waals surface area contributed by atoms with E-state index >= 15 is 0 Å². The first-order valence-corrected chi connectivity index (χ1v) is 6.66. The number of aromatic nitrogens is 1. The van der Waals surface area contributed by atoms with Crippen molar-refractivity contribution in [3.05, 3.63) is 23.4 Å². The standard InChI is InChI=1S/C14H21N3O/c1-3-4-12-7-11(8-13(15)16-12)14(18)17-6-5-10(2)9-17/h7-8,10H,3-6,9H2,1-2H3,(H2,15,16). The highest BCUT2D eigenvalue weighted by molar-refractivity contribution is 5.95. The molecule has 0 radical (unpaired) electrons. The van der Waals surface area contributed by atoms with E-state index < -0.39 is 0 Å². The van der Waals surface area contributed by atoms with Crippen LogP contribution in [0.1, 0.15) is 42.7 Å². The minimum absolute atomic E-state index is 0.0887. The van der Waals surface area contributed by atoms with Gasteiger partial charge in [0.1, 0.15) is 5.82 Å². The van der Waals surface area contributed by atoms with E-state index in [1.54, 1.807) is 6.07 Å². The Kier molecular flexibility index (Phi) is 3.84. The second-order valence-corrected chi connectivity index (χ2v) is 5.17. The maximum absolute atomic E-state index is 12.3. The zero-order valence-electron chi connectivity index (χ0n) is 11.1.